The van der Waals surface area contributed by atoms with E-state index in [0.717, 1.165) is 0 Å². The summed E-state index contributed by atoms with van der Waals surface area (Å²) in [5, 5.41) is 0. The minimum absolute atomic E-state index is 0.992. The Kier molecular flexibility index (Phi) is 2.76. The van der Waals surface area contributed by atoms with Crippen molar-refractivity contribution in [3.05, 3.63) is 53.8 Å². The Morgan fingerprint density at radius 2 is 1.93 bits per heavy atom. The van der Waals surface area contributed by atoms with E-state index >= 15 is 0 Å². The molecule has 0 aromatic heterocycles. The molecule has 0 N–H and O–H groups in total. The SMILES string of the molecule is [CH3][Ge]([CH3])[c]1ccccc1C1=C=CC=C1. The third-order valence-electron chi connectivity index (χ3n) is 2.35. The van der Waals surface area contributed by atoms with Gasteiger partial charge in [0.15, 0.2) is 0 Å². The van der Waals surface area contributed by atoms with E-state index < -0.39 is 14.3 Å². The monoisotopic (exact) mass is 243 g/mol. The van der Waals surface area contributed by atoms with Crippen molar-refractivity contribution in [2.45, 2.75) is 11.5 Å². The average molecular weight is 242 g/mol. The molecule has 0 bridgehead atoms. The van der Waals surface area contributed by atoms with Crippen molar-refractivity contribution >= 4 is 24.3 Å². The van der Waals surface area contributed by atoms with Crippen molar-refractivity contribution in [2.24, 2.45) is 0 Å². The Bertz CT molecular complexity index is 432. The van der Waals surface area contributed by atoms with E-state index in [1.165, 1.54) is 11.1 Å². The molecule has 1 aromatic rings. The fourth-order valence-electron chi connectivity index (χ4n) is 1.65. The summed E-state index contributed by atoms with van der Waals surface area (Å²) >= 11 is -0.992. The van der Waals surface area contributed by atoms with E-state index in [9.17, 15) is 0 Å². The normalized spacial score (nSPS) is 13.8. The van der Waals surface area contributed by atoms with Gasteiger partial charge in [-0.2, -0.15) is 0 Å². The fourth-order valence-corrected chi connectivity index (χ4v) is 4.14. The molecular weight excluding hydrogens is 229 g/mol. The van der Waals surface area contributed by atoms with Crippen LogP contribution in [-0.4, -0.2) is 14.3 Å². The Morgan fingerprint density at radius 3 is 2.57 bits per heavy atom. The fraction of sp³-hybridized carbons (Fsp3) is 0.154. The molecule has 0 unspecified atom stereocenters. The number of allylic oxidation sites excluding steroid dienone is 3. The molecule has 0 aliphatic heterocycles. The predicted molar refractivity (Wildman–Crippen MR) is 64.2 cm³/mol. The minimum atomic E-state index is -0.992. The van der Waals surface area contributed by atoms with E-state index in [0.29, 0.717) is 0 Å². The standard InChI is InChI=1S/C13H13Ge/c1-14(2)13-10-6-5-9-12(13)11-7-3-4-8-11/h3-7,9-10H,1-2H3. The van der Waals surface area contributed by atoms with Crippen LogP contribution in [0.5, 0.6) is 0 Å². The van der Waals surface area contributed by atoms with Gasteiger partial charge in [0.25, 0.3) is 0 Å². The molecular formula is C13H13Ge. The predicted octanol–water partition coefficient (Wildman–Crippen LogP) is 2.76. The molecule has 0 fully saturated rings. The van der Waals surface area contributed by atoms with E-state index in [2.05, 4.69) is 53.7 Å². The molecule has 1 radical (unpaired) electrons. The van der Waals surface area contributed by atoms with Gasteiger partial charge in [0.05, 0.1) is 0 Å². The van der Waals surface area contributed by atoms with Crippen LogP contribution in [0.4, 0.5) is 0 Å². The molecule has 0 saturated carbocycles. The summed E-state index contributed by atoms with van der Waals surface area (Å²) in [5.41, 5.74) is 5.91. The zero-order valence-corrected chi connectivity index (χ0v) is 10.6. The maximum absolute atomic E-state index is 3.28. The zero-order chi connectivity index (χ0) is 9.97. The molecule has 0 spiro atoms. The van der Waals surface area contributed by atoms with Crippen LogP contribution in [0.25, 0.3) is 5.57 Å². The Labute approximate surface area is 89.8 Å². The van der Waals surface area contributed by atoms with Crippen molar-refractivity contribution in [3.63, 3.8) is 0 Å². The van der Waals surface area contributed by atoms with E-state index in [1.54, 1.807) is 4.40 Å². The van der Waals surface area contributed by atoms with Crippen LogP contribution in [0.2, 0.25) is 11.5 Å². The molecule has 1 heteroatoms. The molecule has 69 valence electrons. The van der Waals surface area contributed by atoms with Crippen LogP contribution in [0.3, 0.4) is 0 Å². The van der Waals surface area contributed by atoms with Gasteiger partial charge in [0.1, 0.15) is 0 Å². The van der Waals surface area contributed by atoms with Gasteiger partial charge in [-0.25, -0.2) is 0 Å². The van der Waals surface area contributed by atoms with Gasteiger partial charge in [-0.3, -0.25) is 0 Å². The maximum atomic E-state index is 3.28. The Balaban J connectivity index is 2.52. The molecule has 1 aliphatic carbocycles. The molecule has 1 aromatic carbocycles. The Morgan fingerprint density at radius 1 is 1.14 bits per heavy atom. The third-order valence-corrected chi connectivity index (χ3v) is 5.53. The molecule has 0 nitrogen and oxygen atoms in total. The quantitative estimate of drug-likeness (QED) is 0.552. The molecule has 0 heterocycles. The summed E-state index contributed by atoms with van der Waals surface area (Å²) in [6.07, 6.45) is 6.17. The third kappa shape index (κ3) is 1.77. The van der Waals surface area contributed by atoms with Crippen molar-refractivity contribution in [1.82, 2.24) is 0 Å². The molecule has 2 rings (SSSR count). The first kappa shape index (κ1) is 9.57. The van der Waals surface area contributed by atoms with E-state index in [-0.39, 0.29) is 0 Å². The van der Waals surface area contributed by atoms with E-state index in [4.69, 9.17) is 0 Å². The first-order valence-electron chi connectivity index (χ1n) is 4.82. The van der Waals surface area contributed by atoms with E-state index in [1.807, 2.05) is 6.08 Å². The summed E-state index contributed by atoms with van der Waals surface area (Å²) in [5.74, 6) is 4.78. The first-order valence-corrected chi connectivity index (χ1v) is 10.1. The van der Waals surface area contributed by atoms with Gasteiger partial charge in [0.2, 0.25) is 0 Å². The number of rotatable bonds is 2. The summed E-state index contributed by atoms with van der Waals surface area (Å²) in [6, 6.07) is 8.73. The number of hydrogen-bond acceptors (Lipinski definition) is 0. The number of hydrogen-bond donors (Lipinski definition) is 0. The van der Waals surface area contributed by atoms with Crippen LogP contribution < -0.4 is 4.40 Å². The molecule has 0 amide bonds. The van der Waals surface area contributed by atoms with Crippen LogP contribution >= 0.6 is 0 Å². The zero-order valence-electron chi connectivity index (χ0n) is 8.54. The molecule has 0 atom stereocenters. The van der Waals surface area contributed by atoms with Gasteiger partial charge >= 0.3 is 89.6 Å². The summed E-state index contributed by atoms with van der Waals surface area (Å²) < 4.78 is 1.56. The van der Waals surface area contributed by atoms with Crippen LogP contribution in [-0.2, 0) is 0 Å². The second-order valence-electron chi connectivity index (χ2n) is 3.63. The van der Waals surface area contributed by atoms with Crippen molar-refractivity contribution in [3.8, 4) is 0 Å². The van der Waals surface area contributed by atoms with Crippen LogP contribution in [0.15, 0.2) is 48.2 Å². The summed E-state index contributed by atoms with van der Waals surface area (Å²) in [6.45, 7) is 0. The van der Waals surface area contributed by atoms with Crippen molar-refractivity contribution < 1.29 is 0 Å². The topological polar surface area (TPSA) is 0 Å². The van der Waals surface area contributed by atoms with Crippen LogP contribution in [0, 0.1) is 0 Å². The second kappa shape index (κ2) is 4.04. The second-order valence-corrected chi connectivity index (χ2v) is 8.96. The van der Waals surface area contributed by atoms with Gasteiger partial charge in [-0.05, 0) is 0 Å². The van der Waals surface area contributed by atoms with Gasteiger partial charge < -0.3 is 0 Å². The van der Waals surface area contributed by atoms with Gasteiger partial charge in [0, 0.05) is 0 Å². The average Bonchev–Trinajstić information content (AvgIpc) is 2.70. The van der Waals surface area contributed by atoms with Gasteiger partial charge in [-0.1, -0.05) is 0 Å². The number of benzene rings is 1. The molecule has 14 heavy (non-hydrogen) atoms. The van der Waals surface area contributed by atoms with Crippen molar-refractivity contribution in [1.29, 1.82) is 0 Å². The van der Waals surface area contributed by atoms with Crippen molar-refractivity contribution in [2.75, 3.05) is 0 Å². The van der Waals surface area contributed by atoms with Crippen LogP contribution in [0.1, 0.15) is 5.56 Å². The summed E-state index contributed by atoms with van der Waals surface area (Å²) in [4.78, 5) is 0. The molecule has 0 saturated heterocycles. The molecule has 1 aliphatic rings. The Hall–Kier alpha value is -0.977. The van der Waals surface area contributed by atoms with Gasteiger partial charge in [-0.15, -0.1) is 0 Å². The first-order chi connectivity index (χ1) is 6.79. The summed E-state index contributed by atoms with van der Waals surface area (Å²) in [7, 11) is 0.